The lowest BCUT2D eigenvalue weighted by molar-refractivity contribution is 0.0344. The lowest BCUT2D eigenvalue weighted by Crippen LogP contribution is -2.38. The number of hydrogen-bond acceptors (Lipinski definition) is 2. The second kappa shape index (κ2) is 3.24. The van der Waals surface area contributed by atoms with Gasteiger partial charge < -0.3 is 10.2 Å². The van der Waals surface area contributed by atoms with Gasteiger partial charge in [-0.1, -0.05) is 13.0 Å². The molecular weight excluding hydrogens is 200 g/mol. The van der Waals surface area contributed by atoms with Gasteiger partial charge in [0.15, 0.2) is 0 Å². The Morgan fingerprint density at radius 1 is 1.25 bits per heavy atom. The summed E-state index contributed by atoms with van der Waals surface area (Å²) in [5.41, 5.74) is 2.64. The molecule has 0 unspecified atom stereocenters. The molecule has 1 saturated carbocycles. The van der Waals surface area contributed by atoms with E-state index in [1.54, 1.807) is 6.07 Å². The van der Waals surface area contributed by atoms with E-state index in [-0.39, 0.29) is 11.5 Å². The lowest BCUT2D eigenvalue weighted by atomic mass is 9.66. The van der Waals surface area contributed by atoms with E-state index in [9.17, 15) is 10.2 Å². The summed E-state index contributed by atoms with van der Waals surface area (Å²) in [7, 11) is 0. The van der Waals surface area contributed by atoms with Crippen molar-refractivity contribution in [1.82, 2.24) is 0 Å². The highest BCUT2D eigenvalue weighted by atomic mass is 16.3. The molecule has 16 heavy (non-hydrogen) atoms. The molecule has 0 aromatic heterocycles. The molecule has 2 aliphatic rings. The minimum absolute atomic E-state index is 0.0595. The number of phenolic OH excluding ortho intramolecular Hbond substituents is 1. The first-order valence-corrected chi connectivity index (χ1v) is 6.08. The van der Waals surface area contributed by atoms with Crippen LogP contribution in [0.4, 0.5) is 0 Å². The predicted octanol–water partition coefficient (Wildman–Crippen LogP) is 2.27. The van der Waals surface area contributed by atoms with Gasteiger partial charge in [-0.15, -0.1) is 0 Å². The number of aliphatic hydroxyl groups excluding tert-OH is 1. The summed E-state index contributed by atoms with van der Waals surface area (Å²) in [6, 6.07) is 5.65. The highest BCUT2D eigenvalue weighted by Crippen LogP contribution is 2.50. The monoisotopic (exact) mass is 218 g/mol. The van der Waals surface area contributed by atoms with Crippen molar-refractivity contribution in [2.75, 3.05) is 0 Å². The van der Waals surface area contributed by atoms with Crippen LogP contribution in [-0.2, 0) is 12.8 Å². The Morgan fingerprint density at radius 3 is 2.88 bits per heavy atom. The fourth-order valence-corrected chi connectivity index (χ4v) is 3.54. The van der Waals surface area contributed by atoms with Crippen LogP contribution in [0.25, 0.3) is 0 Å². The fraction of sp³-hybridized carbons (Fsp3) is 0.571. The van der Waals surface area contributed by atoms with Crippen molar-refractivity contribution in [3.05, 3.63) is 29.3 Å². The summed E-state index contributed by atoms with van der Waals surface area (Å²) in [6.45, 7) is 2.21. The molecule has 0 aliphatic heterocycles. The maximum absolute atomic E-state index is 10.1. The first kappa shape index (κ1) is 10.2. The summed E-state index contributed by atoms with van der Waals surface area (Å²) in [6.07, 6.45) is 3.86. The maximum atomic E-state index is 10.1. The average molecular weight is 218 g/mol. The van der Waals surface area contributed by atoms with Crippen molar-refractivity contribution in [3.8, 4) is 5.75 Å². The van der Waals surface area contributed by atoms with Crippen molar-refractivity contribution < 1.29 is 10.2 Å². The molecule has 0 bridgehead atoms. The number of phenols is 1. The molecule has 0 heterocycles. The van der Waals surface area contributed by atoms with Crippen molar-refractivity contribution >= 4 is 0 Å². The van der Waals surface area contributed by atoms with Gasteiger partial charge in [0, 0.05) is 5.41 Å². The van der Waals surface area contributed by atoms with Crippen molar-refractivity contribution in [3.63, 3.8) is 0 Å². The molecular formula is C14H18O2. The third-order valence-electron chi connectivity index (χ3n) is 4.71. The normalized spacial score (nSPS) is 36.9. The Kier molecular flexibility index (Phi) is 2.05. The molecule has 2 aliphatic carbocycles. The number of hydrogen-bond donors (Lipinski definition) is 2. The second-order valence-corrected chi connectivity index (χ2v) is 5.63. The Bertz CT molecular complexity index is 427. The highest BCUT2D eigenvalue weighted by molar-refractivity contribution is 5.38. The molecule has 0 amide bonds. The Balaban J connectivity index is 2.02. The van der Waals surface area contributed by atoms with Crippen LogP contribution in [0.15, 0.2) is 18.2 Å². The number of aromatic hydroxyl groups is 1. The van der Waals surface area contributed by atoms with Crippen LogP contribution in [-0.4, -0.2) is 16.3 Å². The Hall–Kier alpha value is -1.02. The summed E-state index contributed by atoms with van der Waals surface area (Å²) in [4.78, 5) is 0. The molecule has 0 spiro atoms. The zero-order valence-electron chi connectivity index (χ0n) is 9.61. The molecule has 1 fully saturated rings. The zero-order valence-corrected chi connectivity index (χ0v) is 9.61. The summed E-state index contributed by atoms with van der Waals surface area (Å²) >= 11 is 0. The Labute approximate surface area is 95.9 Å². The average Bonchev–Trinajstić information content (AvgIpc) is 2.53. The summed E-state index contributed by atoms with van der Waals surface area (Å²) < 4.78 is 0. The molecule has 2 N–H and O–H groups in total. The molecule has 3 rings (SSSR count). The largest absolute Gasteiger partial charge is 0.508 e. The highest BCUT2D eigenvalue weighted by Gasteiger charge is 2.48. The van der Waals surface area contributed by atoms with Crippen molar-refractivity contribution in [2.45, 2.75) is 38.7 Å². The molecule has 86 valence electrons. The quantitative estimate of drug-likeness (QED) is 0.701. The third kappa shape index (κ3) is 1.29. The van der Waals surface area contributed by atoms with Gasteiger partial charge in [0.25, 0.3) is 0 Å². The number of rotatable bonds is 0. The van der Waals surface area contributed by atoms with E-state index in [4.69, 9.17) is 0 Å². The minimum atomic E-state index is -0.153. The van der Waals surface area contributed by atoms with E-state index in [1.807, 2.05) is 12.1 Å². The number of fused-ring (bicyclic) bond motifs is 2. The molecule has 1 aromatic rings. The van der Waals surface area contributed by atoms with E-state index in [0.717, 1.165) is 25.7 Å². The lowest BCUT2D eigenvalue weighted by Gasteiger charge is -2.39. The molecule has 1 aromatic carbocycles. The van der Waals surface area contributed by atoms with Crippen LogP contribution >= 0.6 is 0 Å². The van der Waals surface area contributed by atoms with Crippen molar-refractivity contribution in [1.29, 1.82) is 0 Å². The molecule has 2 nitrogen and oxygen atoms in total. The van der Waals surface area contributed by atoms with Crippen LogP contribution in [0.1, 0.15) is 30.9 Å². The summed E-state index contributed by atoms with van der Waals surface area (Å²) in [5.74, 6) is 0.942. The van der Waals surface area contributed by atoms with E-state index in [2.05, 4.69) is 6.92 Å². The first-order chi connectivity index (χ1) is 7.59. The van der Waals surface area contributed by atoms with E-state index in [0.29, 0.717) is 11.7 Å². The molecule has 3 atom stereocenters. The van der Waals surface area contributed by atoms with Crippen LogP contribution < -0.4 is 0 Å². The predicted molar refractivity (Wildman–Crippen MR) is 62.4 cm³/mol. The van der Waals surface area contributed by atoms with Crippen molar-refractivity contribution in [2.24, 2.45) is 11.3 Å². The maximum Gasteiger partial charge on any atom is 0.115 e. The smallest absolute Gasteiger partial charge is 0.115 e. The SMILES string of the molecule is C[C@]12Cc3ccc(O)cc3C[C@@H]1CC[C@@H]2O. The van der Waals surface area contributed by atoms with E-state index >= 15 is 0 Å². The van der Waals surface area contributed by atoms with Crippen LogP contribution in [0.5, 0.6) is 5.75 Å². The van der Waals surface area contributed by atoms with Gasteiger partial charge >= 0.3 is 0 Å². The zero-order chi connectivity index (χ0) is 11.3. The van der Waals surface area contributed by atoms with Crippen LogP contribution in [0.3, 0.4) is 0 Å². The standard InChI is InChI=1S/C14H18O2/c1-14-8-9-2-4-12(15)7-10(9)6-11(14)3-5-13(14)16/h2,4,7,11,13,15-16H,3,5-6,8H2,1H3/t11-,13-,14-/m0/s1. The second-order valence-electron chi connectivity index (χ2n) is 5.63. The molecule has 0 radical (unpaired) electrons. The van der Waals surface area contributed by atoms with Gasteiger partial charge in [-0.25, -0.2) is 0 Å². The molecule has 2 heteroatoms. The summed E-state index contributed by atoms with van der Waals surface area (Å²) in [5, 5.41) is 19.6. The van der Waals surface area contributed by atoms with Gasteiger partial charge in [-0.2, -0.15) is 0 Å². The van der Waals surface area contributed by atoms with Gasteiger partial charge in [0.2, 0.25) is 0 Å². The number of aliphatic hydroxyl groups is 1. The van der Waals surface area contributed by atoms with Gasteiger partial charge in [0.1, 0.15) is 5.75 Å². The van der Waals surface area contributed by atoms with Gasteiger partial charge in [-0.3, -0.25) is 0 Å². The first-order valence-electron chi connectivity index (χ1n) is 6.08. The van der Waals surface area contributed by atoms with Crippen LogP contribution in [0, 0.1) is 11.3 Å². The number of benzene rings is 1. The minimum Gasteiger partial charge on any atom is -0.508 e. The van der Waals surface area contributed by atoms with Crippen LogP contribution in [0.2, 0.25) is 0 Å². The van der Waals surface area contributed by atoms with E-state index < -0.39 is 0 Å². The molecule has 0 saturated heterocycles. The Morgan fingerprint density at radius 2 is 2.06 bits per heavy atom. The third-order valence-corrected chi connectivity index (χ3v) is 4.71. The fourth-order valence-electron chi connectivity index (χ4n) is 3.54. The topological polar surface area (TPSA) is 40.5 Å². The van der Waals surface area contributed by atoms with E-state index in [1.165, 1.54) is 11.1 Å². The van der Waals surface area contributed by atoms with Gasteiger partial charge in [-0.05, 0) is 54.9 Å². The van der Waals surface area contributed by atoms with Gasteiger partial charge in [0.05, 0.1) is 6.10 Å².